The third-order valence-corrected chi connectivity index (χ3v) is 8.87. The predicted octanol–water partition coefficient (Wildman–Crippen LogP) is 5.58. The first-order valence-electron chi connectivity index (χ1n) is 13.7. The average Bonchev–Trinajstić information content (AvgIpc) is 2.97. The zero-order chi connectivity index (χ0) is 30.0. The molecule has 0 fully saturated rings. The summed E-state index contributed by atoms with van der Waals surface area (Å²) >= 11 is 6.45. The SMILES string of the molecule is CCCCNC(=O)[C@H](CC)N(Cc1ccccc1Cl)C(=O)CN(c1cc(C)ccc1OC)S(=O)(=O)c1ccccc1. The number of amides is 2. The fraction of sp³-hybridized carbons (Fsp3) is 0.355. The molecule has 0 radical (unpaired) electrons. The lowest BCUT2D eigenvalue weighted by Gasteiger charge is -2.33. The standard InChI is InChI=1S/C31H38ClN3O5S/c1-5-7-19-33-31(37)27(6-2)34(21-24-13-11-12-16-26(24)32)30(36)22-35(28-20-23(3)17-18-29(28)40-4)41(38,39)25-14-9-8-10-15-25/h8-18,20,27H,5-7,19,21-22H2,1-4H3,(H,33,37)/t27-/m0/s1. The molecule has 1 N–H and O–H groups in total. The van der Waals surface area contributed by atoms with E-state index in [2.05, 4.69) is 5.32 Å². The summed E-state index contributed by atoms with van der Waals surface area (Å²) in [5, 5.41) is 3.36. The van der Waals surface area contributed by atoms with E-state index in [9.17, 15) is 18.0 Å². The molecule has 0 heterocycles. The van der Waals surface area contributed by atoms with Crippen molar-refractivity contribution in [2.45, 2.75) is 57.5 Å². The number of methoxy groups -OCH3 is 1. The highest BCUT2D eigenvalue weighted by atomic mass is 35.5. The number of sulfonamides is 1. The van der Waals surface area contributed by atoms with Crippen LogP contribution in [-0.4, -0.2) is 51.4 Å². The van der Waals surface area contributed by atoms with Gasteiger partial charge >= 0.3 is 0 Å². The second-order valence-electron chi connectivity index (χ2n) is 9.68. The van der Waals surface area contributed by atoms with Crippen molar-refractivity contribution in [2.24, 2.45) is 0 Å². The van der Waals surface area contributed by atoms with Gasteiger partial charge in [0.1, 0.15) is 18.3 Å². The molecule has 0 aromatic heterocycles. The molecule has 0 aliphatic rings. The summed E-state index contributed by atoms with van der Waals surface area (Å²) in [6.07, 6.45) is 2.04. The van der Waals surface area contributed by atoms with Crippen LogP contribution in [0.2, 0.25) is 5.02 Å². The molecule has 8 nitrogen and oxygen atoms in total. The highest BCUT2D eigenvalue weighted by Gasteiger charge is 2.35. The van der Waals surface area contributed by atoms with Gasteiger partial charge in [-0.1, -0.05) is 74.3 Å². The van der Waals surface area contributed by atoms with Gasteiger partial charge in [-0.3, -0.25) is 13.9 Å². The quantitative estimate of drug-likeness (QED) is 0.244. The number of halogens is 1. The van der Waals surface area contributed by atoms with Gasteiger partial charge in [0, 0.05) is 18.1 Å². The Kier molecular flexibility index (Phi) is 11.6. The van der Waals surface area contributed by atoms with E-state index in [1.54, 1.807) is 60.7 Å². The van der Waals surface area contributed by atoms with Crippen molar-refractivity contribution in [2.75, 3.05) is 24.5 Å². The van der Waals surface area contributed by atoms with E-state index in [0.717, 1.165) is 22.7 Å². The molecule has 1 atom stereocenters. The Bertz CT molecular complexity index is 1430. The molecule has 220 valence electrons. The number of rotatable bonds is 14. The lowest BCUT2D eigenvalue weighted by atomic mass is 10.1. The van der Waals surface area contributed by atoms with Gasteiger partial charge in [0.05, 0.1) is 17.7 Å². The van der Waals surface area contributed by atoms with Crippen LogP contribution < -0.4 is 14.4 Å². The topological polar surface area (TPSA) is 96.0 Å². The zero-order valence-electron chi connectivity index (χ0n) is 24.0. The molecule has 0 aliphatic heterocycles. The van der Waals surface area contributed by atoms with E-state index in [1.165, 1.54) is 24.1 Å². The number of nitrogens with one attached hydrogen (secondary N) is 1. The van der Waals surface area contributed by atoms with Crippen molar-refractivity contribution in [3.8, 4) is 5.75 Å². The first-order chi connectivity index (χ1) is 19.6. The molecule has 0 aliphatic carbocycles. The van der Waals surface area contributed by atoms with Gasteiger partial charge in [-0.25, -0.2) is 8.42 Å². The van der Waals surface area contributed by atoms with Gasteiger partial charge in [-0.15, -0.1) is 0 Å². The number of unbranched alkanes of at least 4 members (excludes halogenated alkanes) is 1. The molecule has 0 saturated heterocycles. The van der Waals surface area contributed by atoms with Gasteiger partial charge < -0.3 is 15.0 Å². The second-order valence-corrected chi connectivity index (χ2v) is 12.0. The first kappa shape index (κ1) is 32.0. The number of ether oxygens (including phenoxy) is 1. The van der Waals surface area contributed by atoms with Gasteiger partial charge in [-0.2, -0.15) is 0 Å². The molecule has 3 rings (SSSR count). The Morgan fingerprint density at radius 3 is 2.32 bits per heavy atom. The summed E-state index contributed by atoms with van der Waals surface area (Å²) in [6.45, 7) is 5.63. The smallest absolute Gasteiger partial charge is 0.264 e. The van der Waals surface area contributed by atoms with Crippen molar-refractivity contribution in [3.63, 3.8) is 0 Å². The maximum atomic E-state index is 14.2. The van der Waals surface area contributed by atoms with Crippen molar-refractivity contribution >= 4 is 39.1 Å². The first-order valence-corrected chi connectivity index (χ1v) is 15.5. The third kappa shape index (κ3) is 8.01. The van der Waals surface area contributed by atoms with Crippen LogP contribution in [-0.2, 0) is 26.2 Å². The Labute approximate surface area is 248 Å². The minimum absolute atomic E-state index is 0.0263. The Hall–Kier alpha value is -3.56. The maximum absolute atomic E-state index is 14.2. The second kappa shape index (κ2) is 14.9. The van der Waals surface area contributed by atoms with E-state index in [1.807, 2.05) is 20.8 Å². The van der Waals surface area contributed by atoms with Crippen molar-refractivity contribution in [3.05, 3.63) is 88.9 Å². The normalized spacial score (nSPS) is 11.9. The van der Waals surface area contributed by atoms with Gasteiger partial charge in [0.15, 0.2) is 0 Å². The fourth-order valence-electron chi connectivity index (χ4n) is 4.46. The molecular formula is C31H38ClN3O5S. The molecular weight excluding hydrogens is 562 g/mol. The third-order valence-electron chi connectivity index (χ3n) is 6.73. The Morgan fingerprint density at radius 2 is 1.68 bits per heavy atom. The van der Waals surface area contributed by atoms with Crippen molar-refractivity contribution in [1.29, 1.82) is 0 Å². The van der Waals surface area contributed by atoms with Crippen LogP contribution in [0.25, 0.3) is 0 Å². The van der Waals surface area contributed by atoms with Crippen LogP contribution >= 0.6 is 11.6 Å². The van der Waals surface area contributed by atoms with Crippen LogP contribution in [0.4, 0.5) is 5.69 Å². The largest absolute Gasteiger partial charge is 0.495 e. The molecule has 3 aromatic carbocycles. The fourth-order valence-corrected chi connectivity index (χ4v) is 6.10. The number of hydrogen-bond acceptors (Lipinski definition) is 5. The van der Waals surface area contributed by atoms with Gasteiger partial charge in [-0.05, 0) is 61.2 Å². The zero-order valence-corrected chi connectivity index (χ0v) is 25.5. The van der Waals surface area contributed by atoms with Crippen LogP contribution in [0.5, 0.6) is 5.75 Å². The van der Waals surface area contributed by atoms with E-state index < -0.39 is 28.5 Å². The highest BCUT2D eigenvalue weighted by Crippen LogP contribution is 2.34. The van der Waals surface area contributed by atoms with E-state index in [0.29, 0.717) is 29.3 Å². The van der Waals surface area contributed by atoms with Crippen LogP contribution in [0, 0.1) is 6.92 Å². The monoisotopic (exact) mass is 599 g/mol. The number of benzene rings is 3. The van der Waals surface area contributed by atoms with Gasteiger partial charge in [0.25, 0.3) is 10.0 Å². The summed E-state index contributed by atoms with van der Waals surface area (Å²) in [5.74, 6) is -0.553. The molecule has 41 heavy (non-hydrogen) atoms. The number of anilines is 1. The number of carbonyl (C=O) groups excluding carboxylic acids is 2. The Balaban J connectivity index is 2.10. The van der Waals surface area contributed by atoms with Crippen LogP contribution in [0.1, 0.15) is 44.2 Å². The lowest BCUT2D eigenvalue weighted by Crippen LogP contribution is -2.52. The molecule has 0 bridgehead atoms. The molecule has 0 unspecified atom stereocenters. The number of nitrogens with zero attached hydrogens (tertiary/aromatic N) is 2. The van der Waals surface area contributed by atoms with Crippen LogP contribution in [0.15, 0.2) is 77.7 Å². The highest BCUT2D eigenvalue weighted by molar-refractivity contribution is 7.92. The molecule has 0 spiro atoms. The summed E-state index contributed by atoms with van der Waals surface area (Å²) in [4.78, 5) is 28.9. The molecule has 3 aromatic rings. The summed E-state index contributed by atoms with van der Waals surface area (Å²) in [7, 11) is -2.76. The van der Waals surface area contributed by atoms with Gasteiger partial charge in [0.2, 0.25) is 11.8 Å². The summed E-state index contributed by atoms with van der Waals surface area (Å²) in [5.41, 5.74) is 1.66. The molecule has 2 amide bonds. The predicted molar refractivity (Wildman–Crippen MR) is 163 cm³/mol. The number of carbonyl (C=O) groups is 2. The Morgan fingerprint density at radius 1 is 1.00 bits per heavy atom. The van der Waals surface area contributed by atoms with E-state index >= 15 is 0 Å². The number of hydrogen-bond donors (Lipinski definition) is 1. The lowest BCUT2D eigenvalue weighted by molar-refractivity contribution is -0.140. The average molecular weight is 600 g/mol. The number of aryl methyl sites for hydroxylation is 1. The van der Waals surface area contributed by atoms with Crippen molar-refractivity contribution < 1.29 is 22.7 Å². The van der Waals surface area contributed by atoms with Crippen LogP contribution in [0.3, 0.4) is 0 Å². The van der Waals surface area contributed by atoms with Crippen molar-refractivity contribution in [1.82, 2.24) is 10.2 Å². The minimum atomic E-state index is -4.20. The van der Waals surface area contributed by atoms with E-state index in [4.69, 9.17) is 16.3 Å². The van der Waals surface area contributed by atoms with E-state index in [-0.39, 0.29) is 23.0 Å². The maximum Gasteiger partial charge on any atom is 0.264 e. The minimum Gasteiger partial charge on any atom is -0.495 e. The molecule has 10 heteroatoms. The molecule has 0 saturated carbocycles. The summed E-state index contributed by atoms with van der Waals surface area (Å²) in [6, 6.07) is 19.3. The summed E-state index contributed by atoms with van der Waals surface area (Å²) < 4.78 is 34.6.